The minimum atomic E-state index is 0.313. The number of nitrogens with zero attached hydrogens (tertiary/aromatic N) is 1. The second-order valence-electron chi connectivity index (χ2n) is 5.02. The molecular weight excluding hydrogens is 236 g/mol. The predicted octanol–water partition coefficient (Wildman–Crippen LogP) is 3.79. The van der Waals surface area contributed by atoms with Gasteiger partial charge in [0.25, 0.3) is 0 Å². The third-order valence-corrected chi connectivity index (χ3v) is 3.28. The summed E-state index contributed by atoms with van der Waals surface area (Å²) < 4.78 is 5.06. The SMILES string of the molecule is CCCc1ccc(C(C)NCc2cc(C)on2)cc1. The lowest BCUT2D eigenvalue weighted by atomic mass is 10.0. The van der Waals surface area contributed by atoms with Crippen molar-refractivity contribution in [2.45, 2.75) is 46.2 Å². The number of hydrogen-bond donors (Lipinski definition) is 1. The molecule has 1 aromatic carbocycles. The van der Waals surface area contributed by atoms with Crippen molar-refractivity contribution >= 4 is 0 Å². The second kappa shape index (κ2) is 6.53. The van der Waals surface area contributed by atoms with Gasteiger partial charge in [-0.05, 0) is 31.4 Å². The molecule has 0 amide bonds. The fourth-order valence-electron chi connectivity index (χ4n) is 2.14. The van der Waals surface area contributed by atoms with Crippen molar-refractivity contribution < 1.29 is 4.52 Å². The summed E-state index contributed by atoms with van der Waals surface area (Å²) in [7, 11) is 0. The van der Waals surface area contributed by atoms with Crippen LogP contribution >= 0.6 is 0 Å². The largest absolute Gasteiger partial charge is 0.361 e. The molecule has 2 rings (SSSR count). The highest BCUT2D eigenvalue weighted by Crippen LogP contribution is 2.15. The fraction of sp³-hybridized carbons (Fsp3) is 0.438. The first-order valence-electron chi connectivity index (χ1n) is 6.93. The lowest BCUT2D eigenvalue weighted by Crippen LogP contribution is -2.18. The van der Waals surface area contributed by atoms with E-state index < -0.39 is 0 Å². The van der Waals surface area contributed by atoms with Gasteiger partial charge < -0.3 is 9.84 Å². The number of rotatable bonds is 6. The molecule has 3 heteroatoms. The Morgan fingerprint density at radius 1 is 1.26 bits per heavy atom. The van der Waals surface area contributed by atoms with E-state index in [1.807, 2.05) is 13.0 Å². The van der Waals surface area contributed by atoms with E-state index in [1.54, 1.807) is 0 Å². The van der Waals surface area contributed by atoms with Crippen LogP contribution in [-0.2, 0) is 13.0 Å². The minimum Gasteiger partial charge on any atom is -0.361 e. The first kappa shape index (κ1) is 13.8. The van der Waals surface area contributed by atoms with E-state index in [0.29, 0.717) is 6.04 Å². The zero-order chi connectivity index (χ0) is 13.7. The van der Waals surface area contributed by atoms with E-state index in [9.17, 15) is 0 Å². The van der Waals surface area contributed by atoms with Crippen molar-refractivity contribution in [1.29, 1.82) is 0 Å². The molecular formula is C16H22N2O. The van der Waals surface area contributed by atoms with Crippen molar-refractivity contribution in [3.05, 3.63) is 52.9 Å². The maximum atomic E-state index is 5.06. The Bertz CT molecular complexity index is 502. The molecule has 2 aromatic rings. The molecule has 0 radical (unpaired) electrons. The Morgan fingerprint density at radius 2 is 2.00 bits per heavy atom. The van der Waals surface area contributed by atoms with Crippen LogP contribution in [0.15, 0.2) is 34.9 Å². The van der Waals surface area contributed by atoms with Gasteiger partial charge in [0.2, 0.25) is 0 Å². The maximum Gasteiger partial charge on any atom is 0.133 e. The minimum absolute atomic E-state index is 0.313. The number of benzene rings is 1. The number of aromatic nitrogens is 1. The number of aryl methyl sites for hydroxylation is 2. The summed E-state index contributed by atoms with van der Waals surface area (Å²) >= 11 is 0. The molecule has 0 aliphatic heterocycles. The van der Waals surface area contributed by atoms with Crippen LogP contribution in [0.25, 0.3) is 0 Å². The van der Waals surface area contributed by atoms with Crippen LogP contribution in [0.4, 0.5) is 0 Å². The smallest absolute Gasteiger partial charge is 0.133 e. The van der Waals surface area contributed by atoms with Gasteiger partial charge >= 0.3 is 0 Å². The topological polar surface area (TPSA) is 38.1 Å². The molecule has 0 saturated carbocycles. The molecule has 0 saturated heterocycles. The highest BCUT2D eigenvalue weighted by atomic mass is 16.5. The van der Waals surface area contributed by atoms with Crippen molar-refractivity contribution in [3.8, 4) is 0 Å². The van der Waals surface area contributed by atoms with Gasteiger partial charge in [-0.1, -0.05) is 42.8 Å². The molecule has 0 bridgehead atoms. The monoisotopic (exact) mass is 258 g/mol. The van der Waals surface area contributed by atoms with Gasteiger partial charge in [0.15, 0.2) is 0 Å². The summed E-state index contributed by atoms with van der Waals surface area (Å²) in [5, 5.41) is 7.44. The zero-order valence-corrected chi connectivity index (χ0v) is 11.9. The summed E-state index contributed by atoms with van der Waals surface area (Å²) in [6.07, 6.45) is 2.35. The van der Waals surface area contributed by atoms with Crippen LogP contribution in [-0.4, -0.2) is 5.16 Å². The van der Waals surface area contributed by atoms with Crippen molar-refractivity contribution in [2.24, 2.45) is 0 Å². The molecule has 0 aliphatic carbocycles. The normalized spacial score (nSPS) is 12.6. The molecule has 19 heavy (non-hydrogen) atoms. The third-order valence-electron chi connectivity index (χ3n) is 3.28. The average Bonchev–Trinajstić information content (AvgIpc) is 2.83. The van der Waals surface area contributed by atoms with Gasteiger partial charge in [-0.2, -0.15) is 0 Å². The summed E-state index contributed by atoms with van der Waals surface area (Å²) in [5.74, 6) is 0.855. The van der Waals surface area contributed by atoms with Gasteiger partial charge in [0.1, 0.15) is 5.76 Å². The zero-order valence-electron chi connectivity index (χ0n) is 11.9. The van der Waals surface area contributed by atoms with Gasteiger partial charge in [0, 0.05) is 18.7 Å². The Morgan fingerprint density at radius 3 is 2.58 bits per heavy atom. The van der Waals surface area contributed by atoms with E-state index in [4.69, 9.17) is 4.52 Å². The molecule has 1 atom stereocenters. The molecule has 1 heterocycles. The molecule has 1 unspecified atom stereocenters. The lowest BCUT2D eigenvalue weighted by Gasteiger charge is -2.13. The van der Waals surface area contributed by atoms with Gasteiger partial charge in [-0.15, -0.1) is 0 Å². The molecule has 3 nitrogen and oxygen atoms in total. The fourth-order valence-corrected chi connectivity index (χ4v) is 2.14. The molecule has 102 valence electrons. The van der Waals surface area contributed by atoms with Crippen molar-refractivity contribution in [1.82, 2.24) is 10.5 Å². The van der Waals surface area contributed by atoms with Crippen LogP contribution in [0.1, 0.15) is 48.9 Å². The maximum absolute atomic E-state index is 5.06. The van der Waals surface area contributed by atoms with Gasteiger partial charge in [0.05, 0.1) is 5.69 Å². The summed E-state index contributed by atoms with van der Waals surface area (Å²) in [6, 6.07) is 11.1. The predicted molar refractivity (Wildman–Crippen MR) is 76.9 cm³/mol. The third kappa shape index (κ3) is 3.93. The first-order chi connectivity index (χ1) is 9.19. The first-order valence-corrected chi connectivity index (χ1v) is 6.93. The van der Waals surface area contributed by atoms with E-state index >= 15 is 0 Å². The number of nitrogens with one attached hydrogen (secondary N) is 1. The molecule has 0 aliphatic rings. The van der Waals surface area contributed by atoms with Crippen LogP contribution in [0.2, 0.25) is 0 Å². The Hall–Kier alpha value is -1.61. The van der Waals surface area contributed by atoms with Crippen LogP contribution in [0.3, 0.4) is 0 Å². The van der Waals surface area contributed by atoms with Gasteiger partial charge in [-0.25, -0.2) is 0 Å². The Labute approximate surface area is 115 Å². The lowest BCUT2D eigenvalue weighted by molar-refractivity contribution is 0.386. The summed E-state index contributed by atoms with van der Waals surface area (Å²) in [5.41, 5.74) is 3.66. The standard InChI is InChI=1S/C16H22N2O/c1-4-5-14-6-8-15(9-7-14)13(3)17-11-16-10-12(2)19-18-16/h6-10,13,17H,4-5,11H2,1-3H3. The van der Waals surface area contributed by atoms with E-state index in [-0.39, 0.29) is 0 Å². The second-order valence-corrected chi connectivity index (χ2v) is 5.02. The highest BCUT2D eigenvalue weighted by molar-refractivity contribution is 5.24. The Kier molecular flexibility index (Phi) is 4.74. The van der Waals surface area contributed by atoms with E-state index in [0.717, 1.165) is 24.4 Å². The van der Waals surface area contributed by atoms with Gasteiger partial charge in [-0.3, -0.25) is 0 Å². The summed E-state index contributed by atoms with van der Waals surface area (Å²) in [4.78, 5) is 0. The Balaban J connectivity index is 1.90. The van der Waals surface area contributed by atoms with E-state index in [2.05, 4.69) is 48.6 Å². The van der Waals surface area contributed by atoms with Crippen LogP contribution in [0, 0.1) is 6.92 Å². The quantitative estimate of drug-likeness (QED) is 0.856. The highest BCUT2D eigenvalue weighted by Gasteiger charge is 2.06. The van der Waals surface area contributed by atoms with Crippen LogP contribution in [0.5, 0.6) is 0 Å². The van der Waals surface area contributed by atoms with Crippen LogP contribution < -0.4 is 5.32 Å². The molecule has 1 aromatic heterocycles. The molecule has 0 fully saturated rings. The number of hydrogen-bond acceptors (Lipinski definition) is 3. The average molecular weight is 258 g/mol. The van der Waals surface area contributed by atoms with E-state index in [1.165, 1.54) is 17.5 Å². The van der Waals surface area contributed by atoms with Crippen molar-refractivity contribution in [2.75, 3.05) is 0 Å². The molecule has 0 spiro atoms. The molecule has 1 N–H and O–H groups in total. The summed E-state index contributed by atoms with van der Waals surface area (Å²) in [6.45, 7) is 7.02. The van der Waals surface area contributed by atoms with Crippen molar-refractivity contribution in [3.63, 3.8) is 0 Å².